The molecule has 1 aromatic carbocycles. The van der Waals surface area contributed by atoms with Crippen LogP contribution in [0.25, 0.3) is 0 Å². The number of phenols is 1. The number of nitrogens with zero attached hydrogens (tertiary/aromatic N) is 1. The number of benzene rings is 1. The van der Waals surface area contributed by atoms with E-state index in [9.17, 15) is 19.8 Å². The van der Waals surface area contributed by atoms with Crippen LogP contribution in [0.4, 0.5) is 0 Å². The fourth-order valence-electron chi connectivity index (χ4n) is 2.48. The number of nitrogens with two attached hydrogens (primary N) is 1. The van der Waals surface area contributed by atoms with E-state index in [0.29, 0.717) is 0 Å². The van der Waals surface area contributed by atoms with E-state index in [0.717, 1.165) is 10.5 Å². The molecule has 1 aliphatic rings. The average molecular weight is 294 g/mol. The third-order valence-electron chi connectivity index (χ3n) is 3.56. The van der Waals surface area contributed by atoms with Gasteiger partial charge in [-0.15, -0.1) is 0 Å². The number of amides is 1. The molecule has 2 rings (SSSR count). The van der Waals surface area contributed by atoms with Crippen LogP contribution in [0.15, 0.2) is 24.3 Å². The zero-order valence-corrected chi connectivity index (χ0v) is 11.3. The lowest BCUT2D eigenvalue weighted by Gasteiger charge is -2.24. The molecular weight excluding hydrogens is 276 g/mol. The molecule has 0 aliphatic carbocycles. The van der Waals surface area contributed by atoms with Crippen molar-refractivity contribution in [1.82, 2.24) is 4.90 Å². The maximum Gasteiger partial charge on any atom is 0.326 e. The number of carbonyl (C=O) groups is 2. The zero-order chi connectivity index (χ0) is 15.6. The topological polar surface area (TPSA) is 124 Å². The van der Waals surface area contributed by atoms with E-state index in [1.807, 2.05) is 0 Å². The van der Waals surface area contributed by atoms with Crippen LogP contribution in [-0.2, 0) is 16.0 Å². The van der Waals surface area contributed by atoms with Crippen molar-refractivity contribution in [2.45, 2.75) is 31.0 Å². The second-order valence-electron chi connectivity index (χ2n) is 5.21. The van der Waals surface area contributed by atoms with Crippen molar-refractivity contribution in [2.24, 2.45) is 5.73 Å². The first-order valence-electron chi connectivity index (χ1n) is 6.63. The van der Waals surface area contributed by atoms with Crippen molar-refractivity contribution < 1.29 is 24.9 Å². The second kappa shape index (κ2) is 6.11. The first-order chi connectivity index (χ1) is 9.88. The molecule has 7 heteroatoms. The minimum atomic E-state index is -1.14. The minimum Gasteiger partial charge on any atom is -0.508 e. The second-order valence-corrected chi connectivity index (χ2v) is 5.21. The number of carboxylic acids is 1. The standard InChI is InChI=1S/C14H18N2O5/c15-11(5-8-1-3-9(17)4-2-8)13(19)16-7-10(18)6-12(16)14(20)21/h1-4,10-12,17-18H,5-7,15H2,(H,20,21)/t10-,11-,12-/m0/s1. The lowest BCUT2D eigenvalue weighted by molar-refractivity contribution is -0.148. The summed E-state index contributed by atoms with van der Waals surface area (Å²) in [5.74, 6) is -1.52. The number of aromatic hydroxyl groups is 1. The lowest BCUT2D eigenvalue weighted by Crippen LogP contribution is -2.49. The SMILES string of the molecule is N[C@@H](Cc1ccc(O)cc1)C(=O)N1C[C@@H](O)C[C@H]1C(=O)O. The molecule has 7 nitrogen and oxygen atoms in total. The fourth-order valence-corrected chi connectivity index (χ4v) is 2.48. The van der Waals surface area contributed by atoms with Crippen LogP contribution in [0, 0.1) is 0 Å². The van der Waals surface area contributed by atoms with E-state index < -0.39 is 30.1 Å². The monoisotopic (exact) mass is 294 g/mol. The molecule has 1 amide bonds. The maximum atomic E-state index is 12.3. The number of likely N-dealkylation sites (tertiary alicyclic amines) is 1. The smallest absolute Gasteiger partial charge is 0.326 e. The number of aliphatic hydroxyl groups is 1. The predicted molar refractivity (Wildman–Crippen MR) is 73.5 cm³/mol. The third kappa shape index (κ3) is 3.50. The van der Waals surface area contributed by atoms with E-state index in [4.69, 9.17) is 10.8 Å². The Kier molecular flexibility index (Phi) is 4.44. The summed E-state index contributed by atoms with van der Waals surface area (Å²) in [5.41, 5.74) is 6.61. The first kappa shape index (κ1) is 15.3. The summed E-state index contributed by atoms with van der Waals surface area (Å²) in [6, 6.07) is 4.37. The Morgan fingerprint density at radius 3 is 2.52 bits per heavy atom. The Hall–Kier alpha value is -2.12. The van der Waals surface area contributed by atoms with Crippen LogP contribution in [-0.4, -0.2) is 56.8 Å². The molecule has 3 atom stereocenters. The van der Waals surface area contributed by atoms with Crippen LogP contribution in [0.1, 0.15) is 12.0 Å². The summed E-state index contributed by atoms with van der Waals surface area (Å²) >= 11 is 0. The van der Waals surface area contributed by atoms with Crippen LogP contribution >= 0.6 is 0 Å². The Morgan fingerprint density at radius 1 is 1.33 bits per heavy atom. The molecule has 1 heterocycles. The molecule has 1 saturated heterocycles. The van der Waals surface area contributed by atoms with Crippen molar-refractivity contribution in [3.05, 3.63) is 29.8 Å². The molecule has 114 valence electrons. The average Bonchev–Trinajstić information content (AvgIpc) is 2.82. The van der Waals surface area contributed by atoms with Gasteiger partial charge in [0.15, 0.2) is 0 Å². The Balaban J connectivity index is 2.04. The maximum absolute atomic E-state index is 12.3. The van der Waals surface area contributed by atoms with Gasteiger partial charge in [-0.2, -0.15) is 0 Å². The van der Waals surface area contributed by atoms with E-state index in [1.54, 1.807) is 12.1 Å². The van der Waals surface area contributed by atoms with Gasteiger partial charge in [0.05, 0.1) is 12.1 Å². The molecule has 1 fully saturated rings. The Labute approximate surface area is 121 Å². The summed E-state index contributed by atoms with van der Waals surface area (Å²) < 4.78 is 0. The van der Waals surface area contributed by atoms with E-state index >= 15 is 0 Å². The number of hydrogen-bond acceptors (Lipinski definition) is 5. The highest BCUT2D eigenvalue weighted by atomic mass is 16.4. The summed E-state index contributed by atoms with van der Waals surface area (Å²) in [6.07, 6.45) is -0.582. The molecule has 0 saturated carbocycles. The molecule has 0 unspecified atom stereocenters. The van der Waals surface area contributed by atoms with Gasteiger partial charge in [-0.05, 0) is 24.1 Å². The highest BCUT2D eigenvalue weighted by molar-refractivity contribution is 5.87. The van der Waals surface area contributed by atoms with Crippen LogP contribution in [0.2, 0.25) is 0 Å². The predicted octanol–water partition coefficient (Wildman–Crippen LogP) is -0.692. The van der Waals surface area contributed by atoms with Crippen molar-refractivity contribution in [1.29, 1.82) is 0 Å². The van der Waals surface area contributed by atoms with Gasteiger partial charge < -0.3 is 26.0 Å². The van der Waals surface area contributed by atoms with Crippen molar-refractivity contribution in [3.63, 3.8) is 0 Å². The number of aliphatic carboxylic acids is 1. The van der Waals surface area contributed by atoms with Crippen LogP contribution in [0.3, 0.4) is 0 Å². The molecule has 1 aliphatic heterocycles. The molecule has 5 N–H and O–H groups in total. The molecule has 21 heavy (non-hydrogen) atoms. The van der Waals surface area contributed by atoms with Crippen molar-refractivity contribution in [2.75, 3.05) is 6.54 Å². The number of hydrogen-bond donors (Lipinski definition) is 4. The number of β-amino-alcohol motifs (C(OH)–C–C–N with tert-alkyl or cyclic N) is 1. The van der Waals surface area contributed by atoms with Crippen molar-refractivity contribution in [3.8, 4) is 5.75 Å². The van der Waals surface area contributed by atoms with Crippen molar-refractivity contribution >= 4 is 11.9 Å². The molecule has 0 radical (unpaired) electrons. The molecule has 0 spiro atoms. The van der Waals surface area contributed by atoms with Gasteiger partial charge in [0.1, 0.15) is 11.8 Å². The molecule has 0 aromatic heterocycles. The summed E-state index contributed by atoms with van der Waals surface area (Å²) in [4.78, 5) is 24.5. The number of rotatable bonds is 4. The van der Waals surface area contributed by atoms with E-state index in [1.165, 1.54) is 12.1 Å². The lowest BCUT2D eigenvalue weighted by atomic mass is 10.0. The molecular formula is C14H18N2O5. The van der Waals surface area contributed by atoms with Gasteiger partial charge in [-0.25, -0.2) is 4.79 Å². The summed E-state index contributed by atoms with van der Waals surface area (Å²) in [6.45, 7) is -0.0148. The first-order valence-corrected chi connectivity index (χ1v) is 6.63. The Bertz CT molecular complexity index is 531. The van der Waals surface area contributed by atoms with E-state index in [2.05, 4.69) is 0 Å². The van der Waals surface area contributed by atoms with Gasteiger partial charge in [0, 0.05) is 13.0 Å². The molecule has 1 aromatic rings. The minimum absolute atomic E-state index is 0.0148. The van der Waals surface area contributed by atoms with Gasteiger partial charge in [0.2, 0.25) is 5.91 Å². The number of carboxylic acid groups (broad SMARTS) is 1. The quantitative estimate of drug-likeness (QED) is 0.582. The fraction of sp³-hybridized carbons (Fsp3) is 0.429. The zero-order valence-electron chi connectivity index (χ0n) is 11.3. The summed E-state index contributed by atoms with van der Waals surface area (Å²) in [7, 11) is 0. The van der Waals surface area contributed by atoms with Gasteiger partial charge in [0.25, 0.3) is 0 Å². The summed E-state index contributed by atoms with van der Waals surface area (Å²) in [5, 5.41) is 27.8. The largest absolute Gasteiger partial charge is 0.508 e. The third-order valence-corrected chi connectivity index (χ3v) is 3.56. The highest BCUT2D eigenvalue weighted by Gasteiger charge is 2.40. The van der Waals surface area contributed by atoms with Gasteiger partial charge in [-0.3, -0.25) is 4.79 Å². The number of phenolic OH excluding ortho intramolecular Hbond substituents is 1. The normalized spacial score (nSPS) is 23.0. The molecule has 0 bridgehead atoms. The van der Waals surface area contributed by atoms with Crippen LogP contribution < -0.4 is 5.73 Å². The highest BCUT2D eigenvalue weighted by Crippen LogP contribution is 2.20. The Morgan fingerprint density at radius 2 is 1.95 bits per heavy atom. The number of carbonyl (C=O) groups excluding carboxylic acids is 1. The van der Waals surface area contributed by atoms with Gasteiger partial charge >= 0.3 is 5.97 Å². The van der Waals surface area contributed by atoms with E-state index in [-0.39, 0.29) is 25.1 Å². The van der Waals surface area contributed by atoms with Crippen LogP contribution in [0.5, 0.6) is 5.75 Å². The van der Waals surface area contributed by atoms with Gasteiger partial charge in [-0.1, -0.05) is 12.1 Å². The number of aliphatic hydroxyl groups excluding tert-OH is 1.